The van der Waals surface area contributed by atoms with Gasteiger partial charge in [0.25, 0.3) is 0 Å². The Morgan fingerprint density at radius 3 is 2.82 bits per heavy atom. The maximum absolute atomic E-state index is 6.08. The number of aryl methyl sites for hydroxylation is 1. The summed E-state index contributed by atoms with van der Waals surface area (Å²) in [6.07, 6.45) is 0.528. The molecular weight excluding hydrogens is 306 g/mol. The minimum absolute atomic E-state index is 0.200. The fourth-order valence-electron chi connectivity index (χ4n) is 1.51. The first kappa shape index (κ1) is 12.5. The fourth-order valence-corrected chi connectivity index (χ4v) is 2.40. The maximum atomic E-state index is 6.08. The summed E-state index contributed by atoms with van der Waals surface area (Å²) in [5.41, 5.74) is 7.02. The molecule has 0 aliphatic heterocycles. The van der Waals surface area contributed by atoms with Crippen LogP contribution in [-0.4, -0.2) is 20.2 Å². The van der Waals surface area contributed by atoms with Gasteiger partial charge >= 0.3 is 0 Å². The quantitative estimate of drug-likeness (QED) is 0.938. The predicted octanol–water partition coefficient (Wildman–Crippen LogP) is 1.87. The van der Waals surface area contributed by atoms with Crippen LogP contribution < -0.4 is 5.73 Å². The largest absolute Gasteiger partial charge is 0.324 e. The molecular formula is C10H11BrClN5. The first-order chi connectivity index (χ1) is 8.04. The van der Waals surface area contributed by atoms with Crippen LogP contribution in [0.3, 0.4) is 0 Å². The van der Waals surface area contributed by atoms with Crippen LogP contribution in [-0.2, 0) is 13.5 Å². The Hall–Kier alpha value is -0.980. The van der Waals surface area contributed by atoms with E-state index in [0.29, 0.717) is 17.3 Å². The highest BCUT2D eigenvalue weighted by Gasteiger charge is 2.12. The molecule has 0 fully saturated rings. The van der Waals surface area contributed by atoms with E-state index < -0.39 is 0 Å². The van der Waals surface area contributed by atoms with Gasteiger partial charge in [0.05, 0.1) is 7.05 Å². The van der Waals surface area contributed by atoms with E-state index in [9.17, 15) is 0 Å². The first-order valence-corrected chi connectivity index (χ1v) is 6.16. The Morgan fingerprint density at radius 2 is 2.24 bits per heavy atom. The topological polar surface area (TPSA) is 69.6 Å². The summed E-state index contributed by atoms with van der Waals surface area (Å²) in [7, 11) is 1.72. The van der Waals surface area contributed by atoms with E-state index in [1.54, 1.807) is 7.05 Å². The lowest BCUT2D eigenvalue weighted by Gasteiger charge is -2.10. The van der Waals surface area contributed by atoms with E-state index in [1.807, 2.05) is 18.2 Å². The molecule has 0 saturated heterocycles. The average molecular weight is 317 g/mol. The van der Waals surface area contributed by atoms with Crippen molar-refractivity contribution in [1.29, 1.82) is 0 Å². The van der Waals surface area contributed by atoms with Gasteiger partial charge in [-0.1, -0.05) is 27.5 Å². The van der Waals surface area contributed by atoms with Gasteiger partial charge in [-0.2, -0.15) is 4.80 Å². The van der Waals surface area contributed by atoms with E-state index in [0.717, 1.165) is 10.0 Å². The molecule has 1 atom stereocenters. The second-order valence-electron chi connectivity index (χ2n) is 3.71. The molecule has 17 heavy (non-hydrogen) atoms. The van der Waals surface area contributed by atoms with Gasteiger partial charge in [-0.25, -0.2) is 0 Å². The first-order valence-electron chi connectivity index (χ1n) is 4.99. The standard InChI is InChI=1S/C10H11BrClN5/c1-17-15-10(14-16-17)5-9(13)6-2-7(11)4-8(12)3-6/h2-4,9H,5,13H2,1H3. The third-order valence-corrected chi connectivity index (χ3v) is 2.94. The summed E-state index contributed by atoms with van der Waals surface area (Å²) in [4.78, 5) is 1.41. The zero-order valence-electron chi connectivity index (χ0n) is 9.14. The molecule has 0 aliphatic rings. The van der Waals surface area contributed by atoms with Gasteiger partial charge in [-0.3, -0.25) is 0 Å². The molecule has 0 bridgehead atoms. The van der Waals surface area contributed by atoms with Gasteiger partial charge < -0.3 is 5.73 Å². The van der Waals surface area contributed by atoms with Crippen molar-refractivity contribution in [2.45, 2.75) is 12.5 Å². The molecule has 0 spiro atoms. The van der Waals surface area contributed by atoms with Crippen molar-refractivity contribution in [1.82, 2.24) is 20.2 Å². The molecule has 1 unspecified atom stereocenters. The number of benzene rings is 1. The van der Waals surface area contributed by atoms with Crippen molar-refractivity contribution in [3.63, 3.8) is 0 Å². The molecule has 0 radical (unpaired) electrons. The molecule has 1 heterocycles. The number of hydrogen-bond acceptors (Lipinski definition) is 4. The van der Waals surface area contributed by atoms with Gasteiger partial charge in [0.1, 0.15) is 0 Å². The average Bonchev–Trinajstić information content (AvgIpc) is 2.62. The smallest absolute Gasteiger partial charge is 0.176 e. The lowest BCUT2D eigenvalue weighted by molar-refractivity contribution is 0.622. The molecule has 2 rings (SSSR count). The minimum Gasteiger partial charge on any atom is -0.324 e. The van der Waals surface area contributed by atoms with Crippen molar-refractivity contribution in [2.75, 3.05) is 0 Å². The normalized spacial score (nSPS) is 12.7. The number of hydrogen-bond donors (Lipinski definition) is 1. The zero-order valence-corrected chi connectivity index (χ0v) is 11.5. The summed E-state index contributed by atoms with van der Waals surface area (Å²) in [5.74, 6) is 0.621. The molecule has 0 saturated carbocycles. The van der Waals surface area contributed by atoms with Crippen LogP contribution in [0.5, 0.6) is 0 Å². The SMILES string of the molecule is Cn1nnc(CC(N)c2cc(Cl)cc(Br)c2)n1. The van der Waals surface area contributed by atoms with Crippen LogP contribution in [0.1, 0.15) is 17.4 Å². The maximum Gasteiger partial charge on any atom is 0.176 e. The van der Waals surface area contributed by atoms with E-state index in [-0.39, 0.29) is 6.04 Å². The van der Waals surface area contributed by atoms with Crippen molar-refractivity contribution in [3.05, 3.63) is 39.1 Å². The van der Waals surface area contributed by atoms with Crippen molar-refractivity contribution >= 4 is 27.5 Å². The van der Waals surface area contributed by atoms with E-state index in [1.165, 1.54) is 4.80 Å². The number of nitrogens with zero attached hydrogens (tertiary/aromatic N) is 4. The highest BCUT2D eigenvalue weighted by Crippen LogP contribution is 2.24. The number of tetrazole rings is 1. The Labute approximate surface area is 112 Å². The Morgan fingerprint density at radius 1 is 1.47 bits per heavy atom. The summed E-state index contributed by atoms with van der Waals surface area (Å²) >= 11 is 9.35. The third kappa shape index (κ3) is 3.24. The molecule has 2 N–H and O–H groups in total. The highest BCUT2D eigenvalue weighted by molar-refractivity contribution is 9.10. The third-order valence-electron chi connectivity index (χ3n) is 2.27. The summed E-state index contributed by atoms with van der Waals surface area (Å²) < 4.78 is 0.905. The molecule has 1 aromatic carbocycles. The highest BCUT2D eigenvalue weighted by atomic mass is 79.9. The molecule has 0 aliphatic carbocycles. The van der Waals surface area contributed by atoms with Crippen LogP contribution in [0, 0.1) is 0 Å². The minimum atomic E-state index is -0.200. The molecule has 0 amide bonds. The van der Waals surface area contributed by atoms with Crippen LogP contribution >= 0.6 is 27.5 Å². The van der Waals surface area contributed by atoms with Gasteiger partial charge in [0, 0.05) is 22.0 Å². The lowest BCUT2D eigenvalue weighted by atomic mass is 10.0. The molecule has 7 heteroatoms. The van der Waals surface area contributed by atoms with E-state index >= 15 is 0 Å². The second-order valence-corrected chi connectivity index (χ2v) is 5.06. The Kier molecular flexibility index (Phi) is 3.76. The predicted molar refractivity (Wildman–Crippen MR) is 68.6 cm³/mol. The van der Waals surface area contributed by atoms with Crippen LogP contribution in [0.4, 0.5) is 0 Å². The summed E-state index contributed by atoms with van der Waals surface area (Å²) in [5, 5.41) is 12.4. The molecule has 2 aromatic rings. The molecule has 90 valence electrons. The number of nitrogens with two attached hydrogens (primary N) is 1. The number of rotatable bonds is 3. The number of aromatic nitrogens is 4. The lowest BCUT2D eigenvalue weighted by Crippen LogP contribution is -2.14. The Balaban J connectivity index is 2.16. The Bertz CT molecular complexity index is 507. The van der Waals surface area contributed by atoms with Gasteiger partial charge in [-0.15, -0.1) is 10.2 Å². The monoisotopic (exact) mass is 315 g/mol. The van der Waals surface area contributed by atoms with Crippen molar-refractivity contribution in [3.8, 4) is 0 Å². The zero-order chi connectivity index (χ0) is 12.4. The van der Waals surface area contributed by atoms with Gasteiger partial charge in [0.15, 0.2) is 5.82 Å². The van der Waals surface area contributed by atoms with Gasteiger partial charge in [0.2, 0.25) is 0 Å². The van der Waals surface area contributed by atoms with Crippen LogP contribution in [0.15, 0.2) is 22.7 Å². The number of halogens is 2. The summed E-state index contributed by atoms with van der Waals surface area (Å²) in [6.45, 7) is 0. The van der Waals surface area contributed by atoms with E-state index in [4.69, 9.17) is 17.3 Å². The van der Waals surface area contributed by atoms with Gasteiger partial charge in [-0.05, 0) is 29.0 Å². The molecule has 1 aromatic heterocycles. The van der Waals surface area contributed by atoms with Crippen LogP contribution in [0.2, 0.25) is 5.02 Å². The van der Waals surface area contributed by atoms with Crippen molar-refractivity contribution in [2.24, 2.45) is 12.8 Å². The van der Waals surface area contributed by atoms with E-state index in [2.05, 4.69) is 31.3 Å². The molecule has 5 nitrogen and oxygen atoms in total. The summed E-state index contributed by atoms with van der Waals surface area (Å²) in [6, 6.07) is 5.40. The van der Waals surface area contributed by atoms with Crippen molar-refractivity contribution < 1.29 is 0 Å². The van der Waals surface area contributed by atoms with Crippen LogP contribution in [0.25, 0.3) is 0 Å². The second kappa shape index (κ2) is 5.12. The fraction of sp³-hybridized carbons (Fsp3) is 0.300.